The summed E-state index contributed by atoms with van der Waals surface area (Å²) in [6.07, 6.45) is -1.37. The number of ether oxygens (including phenoxy) is 1. The normalized spacial score (nSPS) is 11.4. The fourth-order valence-electron chi connectivity index (χ4n) is 1.61. The summed E-state index contributed by atoms with van der Waals surface area (Å²) in [4.78, 5) is 11.2. The highest BCUT2D eigenvalue weighted by atomic mass is 19.4. The van der Waals surface area contributed by atoms with Gasteiger partial charge in [0.05, 0.1) is 12.7 Å². The van der Waals surface area contributed by atoms with Crippen molar-refractivity contribution in [3.8, 4) is 0 Å². The minimum absolute atomic E-state index is 0.136. The SMILES string of the molecule is COC(=O)c1cc[n+](Cc2ccc(C(F)(F)F)o2)cc1. The van der Waals surface area contributed by atoms with E-state index in [0.29, 0.717) is 5.56 Å². The van der Waals surface area contributed by atoms with Crippen LogP contribution in [-0.2, 0) is 17.5 Å². The highest BCUT2D eigenvalue weighted by Crippen LogP contribution is 2.30. The van der Waals surface area contributed by atoms with Crippen molar-refractivity contribution in [3.05, 3.63) is 53.7 Å². The summed E-state index contributed by atoms with van der Waals surface area (Å²) in [5, 5.41) is 0. The fraction of sp³-hybridized carbons (Fsp3) is 0.231. The summed E-state index contributed by atoms with van der Waals surface area (Å²) in [7, 11) is 1.27. The Balaban J connectivity index is 2.10. The van der Waals surface area contributed by atoms with E-state index < -0.39 is 17.9 Å². The molecule has 4 nitrogen and oxygen atoms in total. The number of methoxy groups -OCH3 is 1. The number of aromatic nitrogens is 1. The van der Waals surface area contributed by atoms with Gasteiger partial charge in [-0.2, -0.15) is 17.7 Å². The summed E-state index contributed by atoms with van der Waals surface area (Å²) in [5.74, 6) is -1.33. The van der Waals surface area contributed by atoms with E-state index in [1.54, 1.807) is 17.0 Å². The molecule has 0 aliphatic rings. The van der Waals surface area contributed by atoms with Crippen LogP contribution in [0.15, 0.2) is 41.1 Å². The minimum atomic E-state index is -4.49. The maximum absolute atomic E-state index is 12.4. The zero-order valence-corrected chi connectivity index (χ0v) is 10.5. The maximum Gasteiger partial charge on any atom is 0.449 e. The average molecular weight is 286 g/mol. The summed E-state index contributed by atoms with van der Waals surface area (Å²) < 4.78 is 48.0. The van der Waals surface area contributed by atoms with Crippen LogP contribution in [0.25, 0.3) is 0 Å². The van der Waals surface area contributed by atoms with Crippen LogP contribution in [-0.4, -0.2) is 13.1 Å². The average Bonchev–Trinajstić information content (AvgIpc) is 2.87. The van der Waals surface area contributed by atoms with E-state index in [0.717, 1.165) is 6.07 Å². The van der Waals surface area contributed by atoms with Gasteiger partial charge in [0.2, 0.25) is 12.3 Å². The Morgan fingerprint density at radius 3 is 2.40 bits per heavy atom. The van der Waals surface area contributed by atoms with Crippen molar-refractivity contribution in [2.45, 2.75) is 12.7 Å². The third kappa shape index (κ3) is 3.17. The molecule has 106 valence electrons. The highest BCUT2D eigenvalue weighted by molar-refractivity contribution is 5.88. The summed E-state index contributed by atoms with van der Waals surface area (Å²) in [6, 6.07) is 5.18. The first-order valence-corrected chi connectivity index (χ1v) is 5.63. The van der Waals surface area contributed by atoms with Crippen molar-refractivity contribution in [1.29, 1.82) is 0 Å². The minimum Gasteiger partial charge on any atom is -0.465 e. The molecule has 2 rings (SSSR count). The lowest BCUT2D eigenvalue weighted by Crippen LogP contribution is -2.33. The number of esters is 1. The maximum atomic E-state index is 12.4. The number of furan rings is 1. The number of alkyl halides is 3. The lowest BCUT2D eigenvalue weighted by molar-refractivity contribution is -0.690. The van der Waals surface area contributed by atoms with Crippen LogP contribution < -0.4 is 4.57 Å². The first-order valence-electron chi connectivity index (χ1n) is 5.63. The monoisotopic (exact) mass is 286 g/mol. The molecule has 2 heterocycles. The fourth-order valence-corrected chi connectivity index (χ4v) is 1.61. The zero-order chi connectivity index (χ0) is 14.8. The van der Waals surface area contributed by atoms with Crippen LogP contribution in [0.3, 0.4) is 0 Å². The van der Waals surface area contributed by atoms with E-state index in [1.807, 2.05) is 0 Å². The van der Waals surface area contributed by atoms with Crippen molar-refractivity contribution in [2.24, 2.45) is 0 Å². The molecule has 0 aliphatic carbocycles. The number of pyridine rings is 1. The Morgan fingerprint density at radius 1 is 1.25 bits per heavy atom. The van der Waals surface area contributed by atoms with Gasteiger partial charge in [0.15, 0.2) is 18.2 Å². The number of hydrogen-bond donors (Lipinski definition) is 0. The smallest absolute Gasteiger partial charge is 0.449 e. The lowest BCUT2D eigenvalue weighted by Gasteiger charge is -2.00. The second-order valence-corrected chi connectivity index (χ2v) is 4.01. The third-order valence-corrected chi connectivity index (χ3v) is 2.59. The van der Waals surface area contributed by atoms with Gasteiger partial charge in [0.25, 0.3) is 0 Å². The van der Waals surface area contributed by atoms with Crippen molar-refractivity contribution < 1.29 is 31.7 Å². The lowest BCUT2D eigenvalue weighted by atomic mass is 10.3. The van der Waals surface area contributed by atoms with E-state index in [4.69, 9.17) is 4.42 Å². The predicted octanol–water partition coefficient (Wildman–Crippen LogP) is 2.42. The molecule has 0 aliphatic heterocycles. The molecule has 7 heteroatoms. The van der Waals surface area contributed by atoms with Gasteiger partial charge in [0, 0.05) is 12.1 Å². The van der Waals surface area contributed by atoms with Crippen molar-refractivity contribution in [1.82, 2.24) is 0 Å². The van der Waals surface area contributed by atoms with Gasteiger partial charge in [-0.15, -0.1) is 0 Å². The van der Waals surface area contributed by atoms with E-state index in [2.05, 4.69) is 4.74 Å². The number of hydrogen-bond acceptors (Lipinski definition) is 3. The van der Waals surface area contributed by atoms with Crippen LogP contribution in [0, 0.1) is 0 Å². The Morgan fingerprint density at radius 2 is 1.90 bits per heavy atom. The second-order valence-electron chi connectivity index (χ2n) is 4.01. The standard InChI is InChI=1S/C13H11F3NO3/c1-19-12(18)9-4-6-17(7-5-9)8-10-2-3-11(20-10)13(14,15)16/h2-7H,8H2,1H3/q+1. The molecule has 0 bridgehead atoms. The number of halogens is 3. The van der Waals surface area contributed by atoms with E-state index in [-0.39, 0.29) is 12.3 Å². The van der Waals surface area contributed by atoms with Gasteiger partial charge < -0.3 is 9.15 Å². The third-order valence-electron chi connectivity index (χ3n) is 2.59. The van der Waals surface area contributed by atoms with Crippen LogP contribution in [0.2, 0.25) is 0 Å². The van der Waals surface area contributed by atoms with Crippen LogP contribution >= 0.6 is 0 Å². The summed E-state index contributed by atoms with van der Waals surface area (Å²) in [5.41, 5.74) is 0.360. The molecule has 0 spiro atoms. The van der Waals surface area contributed by atoms with Crippen molar-refractivity contribution >= 4 is 5.97 Å². The second kappa shape index (κ2) is 5.36. The largest absolute Gasteiger partial charge is 0.465 e. The van der Waals surface area contributed by atoms with Gasteiger partial charge in [-0.3, -0.25) is 0 Å². The van der Waals surface area contributed by atoms with E-state index in [1.165, 1.54) is 25.3 Å². The molecule has 0 N–H and O–H groups in total. The molecule has 20 heavy (non-hydrogen) atoms. The topological polar surface area (TPSA) is 43.3 Å². The summed E-state index contributed by atoms with van der Waals surface area (Å²) >= 11 is 0. The van der Waals surface area contributed by atoms with Gasteiger partial charge in [-0.1, -0.05) is 0 Å². The van der Waals surface area contributed by atoms with Crippen LogP contribution in [0.4, 0.5) is 13.2 Å². The molecule has 0 atom stereocenters. The number of carbonyl (C=O) groups is 1. The van der Waals surface area contributed by atoms with Crippen LogP contribution in [0.1, 0.15) is 21.9 Å². The molecule has 0 fully saturated rings. The highest BCUT2D eigenvalue weighted by Gasteiger charge is 2.35. The zero-order valence-electron chi connectivity index (χ0n) is 10.5. The Hall–Kier alpha value is -2.31. The van der Waals surface area contributed by atoms with Gasteiger partial charge in [-0.05, 0) is 12.1 Å². The van der Waals surface area contributed by atoms with Gasteiger partial charge in [0.1, 0.15) is 0 Å². The molecule has 0 aromatic carbocycles. The number of carbonyl (C=O) groups excluding carboxylic acids is 1. The van der Waals surface area contributed by atoms with E-state index >= 15 is 0 Å². The molecule has 2 aromatic rings. The molecular weight excluding hydrogens is 275 g/mol. The molecule has 0 radical (unpaired) electrons. The Labute approximate surface area is 112 Å². The number of rotatable bonds is 3. The van der Waals surface area contributed by atoms with E-state index in [9.17, 15) is 18.0 Å². The number of nitrogens with zero attached hydrogens (tertiary/aromatic N) is 1. The summed E-state index contributed by atoms with van der Waals surface area (Å²) in [6.45, 7) is 0.136. The quantitative estimate of drug-likeness (QED) is 0.643. The van der Waals surface area contributed by atoms with Crippen LogP contribution in [0.5, 0.6) is 0 Å². The Kier molecular flexibility index (Phi) is 3.78. The molecule has 2 aromatic heterocycles. The Bertz CT molecular complexity index is 602. The molecule has 0 saturated heterocycles. The molecule has 0 amide bonds. The van der Waals surface area contributed by atoms with Crippen molar-refractivity contribution in [3.63, 3.8) is 0 Å². The molecule has 0 saturated carbocycles. The molecule has 0 unspecified atom stereocenters. The predicted molar refractivity (Wildman–Crippen MR) is 60.8 cm³/mol. The first-order chi connectivity index (χ1) is 9.40. The van der Waals surface area contributed by atoms with Crippen molar-refractivity contribution in [2.75, 3.05) is 7.11 Å². The van der Waals surface area contributed by atoms with Gasteiger partial charge >= 0.3 is 12.1 Å². The first kappa shape index (κ1) is 14.1. The molecular formula is C13H11F3NO3+. The van der Waals surface area contributed by atoms with Gasteiger partial charge in [-0.25, -0.2) is 4.79 Å².